The Bertz CT molecular complexity index is 605. The summed E-state index contributed by atoms with van der Waals surface area (Å²) >= 11 is 8.37. The Morgan fingerprint density at radius 2 is 1.58 bits per heavy atom. The van der Waals surface area contributed by atoms with Gasteiger partial charge in [0.05, 0.1) is 17.7 Å². The Morgan fingerprint density at radius 3 is 2.08 bits per heavy atom. The molecule has 1 fully saturated rings. The lowest BCUT2D eigenvalue weighted by atomic mass is 10.1. The molecule has 1 aromatic rings. The molecule has 13 heteroatoms. The molecule has 0 spiro atoms. The molecule has 0 aliphatic carbocycles. The van der Waals surface area contributed by atoms with E-state index in [2.05, 4.69) is 10.6 Å². The van der Waals surface area contributed by atoms with Crippen molar-refractivity contribution in [2.75, 3.05) is 30.0 Å². The quantitative estimate of drug-likeness (QED) is 0.256. The van der Waals surface area contributed by atoms with Crippen LogP contribution in [-0.2, 0) is 16.9 Å². The van der Waals surface area contributed by atoms with E-state index in [9.17, 15) is 26.3 Å². The monoisotopic (exact) mass is 454 g/mol. The van der Waals surface area contributed by atoms with Crippen molar-refractivity contribution >= 4 is 52.3 Å². The molecule has 1 aliphatic rings. The van der Waals surface area contributed by atoms with Crippen LogP contribution < -0.4 is 10.6 Å². The van der Waals surface area contributed by atoms with E-state index in [0.29, 0.717) is 18.7 Å². The van der Waals surface area contributed by atoms with Crippen molar-refractivity contribution in [1.82, 2.24) is 5.32 Å². The van der Waals surface area contributed by atoms with Crippen molar-refractivity contribution in [1.29, 1.82) is 0 Å². The third-order valence-electron chi connectivity index (χ3n) is 2.91. The third kappa shape index (κ3) is 6.95. The van der Waals surface area contributed by atoms with Gasteiger partial charge in [0, 0.05) is 23.7 Å². The fourth-order valence-electron chi connectivity index (χ4n) is 1.82. The largest absolute Gasteiger partial charge is 0.416 e. The summed E-state index contributed by atoms with van der Waals surface area (Å²) in [5.74, 6) is 2.06. The van der Waals surface area contributed by atoms with Crippen molar-refractivity contribution in [2.24, 2.45) is 0 Å². The normalized spacial score (nSPS) is 15.9. The zero-order chi connectivity index (χ0) is 19.4. The zero-order valence-corrected chi connectivity index (χ0v) is 16.3. The molecular formula is C13H13F6N2OPS3. The minimum atomic E-state index is -4.90. The van der Waals surface area contributed by atoms with Gasteiger partial charge < -0.3 is 15.2 Å². The first-order valence-electron chi connectivity index (χ1n) is 7.09. The highest BCUT2D eigenvalue weighted by molar-refractivity contribution is 8.88. The number of rotatable bonds is 5. The molecule has 0 aromatic heterocycles. The lowest BCUT2D eigenvalue weighted by Crippen LogP contribution is -2.31. The van der Waals surface area contributed by atoms with E-state index in [4.69, 9.17) is 16.7 Å². The highest BCUT2D eigenvalue weighted by Gasteiger charge is 2.37. The van der Waals surface area contributed by atoms with E-state index in [1.54, 1.807) is 22.8 Å². The molecule has 0 bridgehead atoms. The number of anilines is 1. The molecule has 2 rings (SSSR count). The van der Waals surface area contributed by atoms with Gasteiger partial charge in [-0.05, 0) is 30.4 Å². The number of nitrogens with one attached hydrogen (secondary N) is 2. The molecule has 3 nitrogen and oxygen atoms in total. The average Bonchev–Trinajstić information content (AvgIpc) is 3.03. The Kier molecular flexibility index (Phi) is 7.73. The van der Waals surface area contributed by atoms with Crippen LogP contribution in [0, 0.1) is 0 Å². The zero-order valence-electron chi connectivity index (χ0n) is 12.9. The molecule has 1 aliphatic heterocycles. The van der Waals surface area contributed by atoms with E-state index < -0.39 is 35.7 Å². The molecule has 0 unspecified atom stereocenters. The second kappa shape index (κ2) is 9.18. The summed E-state index contributed by atoms with van der Waals surface area (Å²) in [6.07, 6.45) is -9.81. The molecule has 0 amide bonds. The molecular weight excluding hydrogens is 441 g/mol. The number of hydrogen-bond donors (Lipinski definition) is 2. The van der Waals surface area contributed by atoms with Crippen LogP contribution in [0.3, 0.4) is 0 Å². The van der Waals surface area contributed by atoms with Crippen molar-refractivity contribution in [3.05, 3.63) is 29.3 Å². The maximum absolute atomic E-state index is 12.8. The molecule has 2 N–H and O–H groups in total. The van der Waals surface area contributed by atoms with Gasteiger partial charge in [-0.3, -0.25) is 0 Å². The van der Waals surface area contributed by atoms with Gasteiger partial charge >= 0.3 is 12.4 Å². The maximum atomic E-state index is 12.8. The SMILES string of the molecule is FC(F)(F)c1cc(NC(=S)NCCOP2SCCS2)cc(C(F)(F)F)c1. The van der Waals surface area contributed by atoms with Gasteiger partial charge in [0.15, 0.2) is 11.7 Å². The number of benzene rings is 1. The maximum Gasteiger partial charge on any atom is 0.416 e. The Morgan fingerprint density at radius 1 is 1.04 bits per heavy atom. The minimum absolute atomic E-state index is 0.0641. The van der Waals surface area contributed by atoms with Gasteiger partial charge in [0.2, 0.25) is 0 Å². The van der Waals surface area contributed by atoms with Gasteiger partial charge in [-0.25, -0.2) is 0 Å². The number of hydrogen-bond acceptors (Lipinski definition) is 4. The summed E-state index contributed by atoms with van der Waals surface area (Å²) in [7, 11) is 0. The molecule has 1 saturated heterocycles. The fourth-order valence-corrected chi connectivity index (χ4v) is 8.77. The van der Waals surface area contributed by atoms with Crippen LogP contribution in [0.25, 0.3) is 0 Å². The summed E-state index contributed by atoms with van der Waals surface area (Å²) in [5, 5.41) is 4.97. The van der Waals surface area contributed by atoms with E-state index in [0.717, 1.165) is 11.5 Å². The lowest BCUT2D eigenvalue weighted by Gasteiger charge is -2.16. The fraction of sp³-hybridized carbons (Fsp3) is 0.462. The second-order valence-electron chi connectivity index (χ2n) is 4.90. The smallest absolute Gasteiger partial charge is 0.360 e. The molecule has 0 atom stereocenters. The van der Waals surface area contributed by atoms with E-state index in [1.165, 1.54) is 0 Å². The molecule has 0 radical (unpaired) electrons. The van der Waals surface area contributed by atoms with E-state index in [-0.39, 0.29) is 17.7 Å². The summed E-state index contributed by atoms with van der Waals surface area (Å²) in [5.41, 5.74) is -3.20. The first kappa shape index (κ1) is 21.9. The third-order valence-corrected chi connectivity index (χ3v) is 9.89. The average molecular weight is 454 g/mol. The van der Waals surface area contributed by atoms with E-state index >= 15 is 0 Å². The second-order valence-corrected chi connectivity index (χ2v) is 11.6. The molecule has 0 saturated carbocycles. The highest BCUT2D eigenvalue weighted by Crippen LogP contribution is 2.66. The van der Waals surface area contributed by atoms with Crippen LogP contribution in [0.4, 0.5) is 32.0 Å². The van der Waals surface area contributed by atoms with Crippen LogP contribution in [0.15, 0.2) is 18.2 Å². The van der Waals surface area contributed by atoms with Gasteiger partial charge in [-0.2, -0.15) is 26.3 Å². The number of halogens is 6. The number of alkyl halides is 6. The van der Waals surface area contributed by atoms with Crippen LogP contribution in [0.1, 0.15) is 11.1 Å². The molecule has 146 valence electrons. The summed E-state index contributed by atoms with van der Waals surface area (Å²) in [6.45, 7) is 0.0465. The first-order valence-corrected chi connectivity index (χ1v) is 11.9. The van der Waals surface area contributed by atoms with Gasteiger partial charge in [-0.15, -0.1) is 0 Å². The minimum Gasteiger partial charge on any atom is -0.360 e. The summed E-state index contributed by atoms with van der Waals surface area (Å²) < 4.78 is 82.4. The van der Waals surface area contributed by atoms with Crippen molar-refractivity contribution in [3.63, 3.8) is 0 Å². The Hall–Kier alpha value is -0.420. The van der Waals surface area contributed by atoms with Crippen LogP contribution >= 0.6 is 41.5 Å². The topological polar surface area (TPSA) is 33.3 Å². The van der Waals surface area contributed by atoms with Gasteiger partial charge in [0.25, 0.3) is 0 Å². The standard InChI is InChI=1S/C13H13F6N2OPS3/c14-12(15,16)8-5-9(13(17,18)19)7-10(6-8)21-11(24)20-1-2-22-23-25-3-4-26-23/h5-7H,1-4H2,(H2,20,21,24). The van der Waals surface area contributed by atoms with E-state index in [1.807, 2.05) is 0 Å². The first-order chi connectivity index (χ1) is 12.1. The lowest BCUT2D eigenvalue weighted by molar-refractivity contribution is -0.143. The van der Waals surface area contributed by atoms with Gasteiger partial charge in [0.1, 0.15) is 0 Å². The Labute approximate surface area is 160 Å². The van der Waals surface area contributed by atoms with Crippen LogP contribution in [0.2, 0.25) is 0 Å². The highest BCUT2D eigenvalue weighted by atomic mass is 33.1. The molecule has 1 heterocycles. The Balaban J connectivity index is 1.95. The number of thiocarbonyl (C=S) groups is 1. The van der Waals surface area contributed by atoms with Crippen molar-refractivity contribution < 1.29 is 30.9 Å². The predicted molar refractivity (Wildman–Crippen MR) is 98.5 cm³/mol. The van der Waals surface area contributed by atoms with Crippen molar-refractivity contribution in [3.8, 4) is 0 Å². The van der Waals surface area contributed by atoms with Crippen LogP contribution in [0.5, 0.6) is 0 Å². The van der Waals surface area contributed by atoms with Crippen molar-refractivity contribution in [2.45, 2.75) is 12.4 Å². The van der Waals surface area contributed by atoms with Crippen LogP contribution in [-0.4, -0.2) is 29.8 Å². The molecule has 1 aromatic carbocycles. The van der Waals surface area contributed by atoms with Gasteiger partial charge in [-0.1, -0.05) is 22.8 Å². The predicted octanol–water partition coefficient (Wildman–Crippen LogP) is 5.73. The summed E-state index contributed by atoms with van der Waals surface area (Å²) in [4.78, 5) is 0. The molecule has 26 heavy (non-hydrogen) atoms. The summed E-state index contributed by atoms with van der Waals surface area (Å²) in [6, 6.07) is 1.22.